The number of carboxylic acids is 1. The smallest absolute Gasteiger partial charge is 0.322 e. The number of carboxylic acid groups (broad SMARTS) is 1. The van der Waals surface area contributed by atoms with Crippen LogP contribution in [-0.2, 0) is 4.79 Å². The number of carbonyl (C=O) groups excluding carboxylic acids is 1. The van der Waals surface area contributed by atoms with Crippen molar-refractivity contribution < 1.29 is 19.8 Å². The number of aromatic hydroxyl groups is 1. The van der Waals surface area contributed by atoms with Crippen molar-refractivity contribution in [3.05, 3.63) is 35.0 Å². The molecule has 24 heavy (non-hydrogen) atoms. The molecular formula is C14H13ClN4O4S. The predicted octanol–water partition coefficient (Wildman–Crippen LogP) is 1.71. The Labute approximate surface area is 146 Å². The van der Waals surface area contributed by atoms with Crippen molar-refractivity contribution in [1.82, 2.24) is 19.9 Å². The molecule has 3 aromatic rings. The molecule has 3 rings (SSSR count). The van der Waals surface area contributed by atoms with Crippen molar-refractivity contribution in [2.75, 3.05) is 6.54 Å². The van der Waals surface area contributed by atoms with E-state index >= 15 is 0 Å². The van der Waals surface area contributed by atoms with Crippen LogP contribution >= 0.6 is 23.7 Å². The summed E-state index contributed by atoms with van der Waals surface area (Å²) in [7, 11) is 0. The summed E-state index contributed by atoms with van der Waals surface area (Å²) < 4.78 is 1.45. The number of hydrogen-bond donors (Lipinski definition) is 3. The van der Waals surface area contributed by atoms with E-state index < -0.39 is 18.4 Å². The Morgan fingerprint density at radius 1 is 1.38 bits per heavy atom. The molecule has 0 bridgehead atoms. The number of carbonyl (C=O) groups is 2. The fraction of sp³-hybridized carbons (Fsp3) is 0.143. The van der Waals surface area contributed by atoms with E-state index in [-0.39, 0.29) is 29.4 Å². The van der Waals surface area contributed by atoms with E-state index in [4.69, 9.17) is 5.11 Å². The number of aromatic nitrogens is 3. The Morgan fingerprint density at radius 3 is 2.75 bits per heavy atom. The third-order valence-corrected chi connectivity index (χ3v) is 4.17. The molecule has 0 unspecified atom stereocenters. The van der Waals surface area contributed by atoms with Crippen LogP contribution in [0.2, 0.25) is 0 Å². The zero-order valence-electron chi connectivity index (χ0n) is 12.4. The maximum atomic E-state index is 12.1. The summed E-state index contributed by atoms with van der Waals surface area (Å²) in [5.41, 5.74) is 0.651. The van der Waals surface area contributed by atoms with Gasteiger partial charge in [0.05, 0.1) is 10.6 Å². The lowest BCUT2D eigenvalue weighted by molar-refractivity contribution is -0.135. The molecule has 1 amide bonds. The zero-order valence-corrected chi connectivity index (χ0v) is 14.0. The molecular weight excluding hydrogens is 356 g/mol. The molecule has 0 fully saturated rings. The third-order valence-electron chi connectivity index (χ3n) is 3.15. The minimum absolute atomic E-state index is 0. The van der Waals surface area contributed by atoms with Gasteiger partial charge in [-0.2, -0.15) is 5.10 Å². The van der Waals surface area contributed by atoms with Gasteiger partial charge in [0.2, 0.25) is 0 Å². The molecule has 8 nitrogen and oxygen atoms in total. The highest BCUT2D eigenvalue weighted by atomic mass is 35.5. The number of thiophene rings is 1. The number of aryl methyl sites for hydroxylation is 1. The van der Waals surface area contributed by atoms with E-state index in [1.807, 2.05) is 19.1 Å². The number of halogens is 1. The number of amides is 1. The summed E-state index contributed by atoms with van der Waals surface area (Å²) >= 11 is 1.52. The number of pyridine rings is 1. The second kappa shape index (κ2) is 6.85. The van der Waals surface area contributed by atoms with E-state index in [0.29, 0.717) is 5.69 Å². The van der Waals surface area contributed by atoms with E-state index in [9.17, 15) is 14.7 Å². The summed E-state index contributed by atoms with van der Waals surface area (Å²) in [5.74, 6) is -2.19. The lowest BCUT2D eigenvalue weighted by Crippen LogP contribution is -2.29. The van der Waals surface area contributed by atoms with Gasteiger partial charge in [-0.05, 0) is 19.1 Å². The van der Waals surface area contributed by atoms with Crippen molar-refractivity contribution in [3.8, 4) is 16.3 Å². The normalized spacial score (nSPS) is 10.4. The van der Waals surface area contributed by atoms with E-state index in [0.717, 1.165) is 9.75 Å². The lowest BCUT2D eigenvalue weighted by atomic mass is 10.2. The lowest BCUT2D eigenvalue weighted by Gasteiger charge is -2.09. The molecule has 126 valence electrons. The first kappa shape index (κ1) is 17.7. The molecule has 0 spiro atoms. The van der Waals surface area contributed by atoms with E-state index in [1.54, 1.807) is 0 Å². The van der Waals surface area contributed by atoms with Gasteiger partial charge in [-0.15, -0.1) is 23.7 Å². The van der Waals surface area contributed by atoms with E-state index in [1.165, 1.54) is 28.2 Å². The molecule has 0 saturated carbocycles. The molecule has 0 aliphatic carbocycles. The van der Waals surface area contributed by atoms with Crippen LogP contribution in [0.15, 0.2) is 24.5 Å². The number of fused-ring (bicyclic) bond motifs is 1. The van der Waals surface area contributed by atoms with E-state index in [2.05, 4.69) is 15.4 Å². The molecule has 3 N–H and O–H groups in total. The van der Waals surface area contributed by atoms with Crippen LogP contribution in [0.25, 0.3) is 16.2 Å². The molecule has 10 heteroatoms. The standard InChI is InChI=1S/C14H12N4O4S.ClH/c1-7-2-3-10(23-7)8-4-9(19)12(13-16-6-17-18(8)13)14(22)15-5-11(20)21;/h2-4,6,19H,5H2,1H3,(H,15,22)(H,20,21);1H. The molecule has 0 radical (unpaired) electrons. The molecule has 0 aromatic carbocycles. The topological polar surface area (TPSA) is 117 Å². The first-order valence-corrected chi connectivity index (χ1v) is 7.41. The maximum Gasteiger partial charge on any atom is 0.322 e. The quantitative estimate of drug-likeness (QED) is 0.645. The second-order valence-corrected chi connectivity index (χ2v) is 6.06. The van der Waals surface area contributed by atoms with Crippen LogP contribution in [0.1, 0.15) is 15.2 Å². The molecule has 3 heterocycles. The number of nitrogens with one attached hydrogen (secondary N) is 1. The van der Waals surface area contributed by atoms with Crippen molar-refractivity contribution in [3.63, 3.8) is 0 Å². The minimum Gasteiger partial charge on any atom is -0.507 e. The van der Waals surface area contributed by atoms with Crippen molar-refractivity contribution in [2.24, 2.45) is 0 Å². The first-order valence-electron chi connectivity index (χ1n) is 6.60. The van der Waals surface area contributed by atoms with Crippen LogP contribution in [0.4, 0.5) is 0 Å². The summed E-state index contributed by atoms with van der Waals surface area (Å²) in [5, 5.41) is 25.2. The molecule has 0 aliphatic rings. The minimum atomic E-state index is -1.18. The van der Waals surface area contributed by atoms with Gasteiger partial charge in [0.1, 0.15) is 24.2 Å². The Kier molecular flexibility index (Phi) is 5.05. The van der Waals surface area contributed by atoms with Gasteiger partial charge in [0.15, 0.2) is 5.65 Å². The Balaban J connectivity index is 0.00000208. The average molecular weight is 369 g/mol. The van der Waals surface area contributed by atoms with Gasteiger partial charge in [-0.3, -0.25) is 9.59 Å². The fourth-order valence-corrected chi connectivity index (χ4v) is 3.04. The molecule has 0 saturated heterocycles. The SMILES string of the molecule is Cc1ccc(-c2cc(O)c(C(=O)NCC(=O)O)c3ncnn23)s1.Cl. The van der Waals surface area contributed by atoms with Gasteiger partial charge < -0.3 is 15.5 Å². The molecule has 0 atom stereocenters. The number of nitrogens with zero attached hydrogens (tertiary/aromatic N) is 3. The monoisotopic (exact) mass is 368 g/mol. The molecule has 3 aromatic heterocycles. The predicted molar refractivity (Wildman–Crippen MR) is 89.9 cm³/mol. The van der Waals surface area contributed by atoms with Gasteiger partial charge in [0, 0.05) is 10.9 Å². The van der Waals surface area contributed by atoms with Crippen LogP contribution in [0.5, 0.6) is 5.75 Å². The molecule has 0 aliphatic heterocycles. The fourth-order valence-electron chi connectivity index (χ4n) is 2.18. The van der Waals surface area contributed by atoms with Crippen molar-refractivity contribution in [1.29, 1.82) is 0 Å². The highest BCUT2D eigenvalue weighted by Gasteiger charge is 2.21. The van der Waals surface area contributed by atoms with Crippen molar-refractivity contribution in [2.45, 2.75) is 6.92 Å². The Hall–Kier alpha value is -2.65. The van der Waals surface area contributed by atoms with Gasteiger partial charge in [-0.1, -0.05) is 0 Å². The van der Waals surface area contributed by atoms with Crippen LogP contribution < -0.4 is 5.32 Å². The maximum absolute atomic E-state index is 12.1. The Bertz CT molecular complexity index is 921. The van der Waals surface area contributed by atoms with Crippen LogP contribution in [0.3, 0.4) is 0 Å². The number of hydrogen-bond acceptors (Lipinski definition) is 6. The summed E-state index contributed by atoms with van der Waals surface area (Å²) in [4.78, 5) is 28.7. The summed E-state index contributed by atoms with van der Waals surface area (Å²) in [6, 6.07) is 5.25. The summed E-state index contributed by atoms with van der Waals surface area (Å²) in [6.45, 7) is 1.41. The van der Waals surface area contributed by atoms with Crippen molar-refractivity contribution >= 4 is 41.3 Å². The average Bonchev–Trinajstić information content (AvgIpc) is 3.12. The van der Waals surface area contributed by atoms with Crippen LogP contribution in [-0.4, -0.2) is 43.2 Å². The highest BCUT2D eigenvalue weighted by molar-refractivity contribution is 7.15. The van der Waals surface area contributed by atoms with Gasteiger partial charge in [0.25, 0.3) is 5.91 Å². The Morgan fingerprint density at radius 2 is 2.12 bits per heavy atom. The number of aliphatic carboxylic acids is 1. The third kappa shape index (κ3) is 3.17. The first-order chi connectivity index (χ1) is 11.0. The number of rotatable bonds is 4. The second-order valence-electron chi connectivity index (χ2n) is 4.77. The van der Waals surface area contributed by atoms with Gasteiger partial charge in [-0.25, -0.2) is 9.50 Å². The highest BCUT2D eigenvalue weighted by Crippen LogP contribution is 2.32. The summed E-state index contributed by atoms with van der Waals surface area (Å²) in [6.07, 6.45) is 1.27. The van der Waals surface area contributed by atoms with Crippen LogP contribution in [0, 0.1) is 6.92 Å². The largest absolute Gasteiger partial charge is 0.507 e. The van der Waals surface area contributed by atoms with Gasteiger partial charge >= 0.3 is 5.97 Å². The zero-order chi connectivity index (χ0) is 16.6.